The number of amides is 1. The van der Waals surface area contributed by atoms with Gasteiger partial charge in [0.05, 0.1) is 17.9 Å². The minimum Gasteiger partial charge on any atom is -0.378 e. The van der Waals surface area contributed by atoms with E-state index in [-0.39, 0.29) is 5.91 Å². The highest BCUT2D eigenvalue weighted by Gasteiger charge is 2.53. The molecule has 2 fully saturated rings. The Kier molecular flexibility index (Phi) is 4.12. The van der Waals surface area contributed by atoms with Crippen molar-refractivity contribution >= 4 is 17.3 Å². The summed E-state index contributed by atoms with van der Waals surface area (Å²) < 4.78 is 0. The summed E-state index contributed by atoms with van der Waals surface area (Å²) in [6.07, 6.45) is 7.37. The number of nitrogens with one attached hydrogen (secondary N) is 2. The highest BCUT2D eigenvalue weighted by Crippen LogP contribution is 2.63. The summed E-state index contributed by atoms with van der Waals surface area (Å²) in [7, 11) is 0. The summed E-state index contributed by atoms with van der Waals surface area (Å²) in [5.41, 5.74) is 5.34. The van der Waals surface area contributed by atoms with Crippen molar-refractivity contribution in [3.05, 3.63) is 89.7 Å². The van der Waals surface area contributed by atoms with Gasteiger partial charge in [0, 0.05) is 17.4 Å². The van der Waals surface area contributed by atoms with E-state index in [1.165, 1.54) is 36.1 Å². The maximum absolute atomic E-state index is 12.9. The van der Waals surface area contributed by atoms with Gasteiger partial charge in [-0.3, -0.25) is 9.78 Å². The van der Waals surface area contributed by atoms with E-state index in [1.807, 2.05) is 18.2 Å². The minimum absolute atomic E-state index is 0.0734. The molecule has 2 N–H and O–H groups in total. The summed E-state index contributed by atoms with van der Waals surface area (Å²) in [4.78, 5) is 17.0. The number of pyridine rings is 1. The molecule has 1 aromatic heterocycles. The fourth-order valence-electron chi connectivity index (χ4n) is 6.26. The van der Waals surface area contributed by atoms with Crippen molar-refractivity contribution < 1.29 is 4.79 Å². The molecule has 0 unspecified atom stereocenters. The molecule has 4 heteroatoms. The summed E-state index contributed by atoms with van der Waals surface area (Å²) in [5.74, 6) is 2.59. The Labute approximate surface area is 176 Å². The molecule has 5 atom stereocenters. The number of hydrogen-bond acceptors (Lipinski definition) is 3. The van der Waals surface area contributed by atoms with Crippen LogP contribution in [0.25, 0.3) is 0 Å². The van der Waals surface area contributed by atoms with Crippen LogP contribution in [0.2, 0.25) is 0 Å². The molecule has 30 heavy (non-hydrogen) atoms. The fraction of sp³-hybridized carbons (Fsp3) is 0.308. The standard InChI is InChI=1S/C26H25N3O/c30-26(28-20-7-4-12-27-15-20)19-10-11-22-21(14-19)23-17-8-9-18(13-17)24(23)25(29-22)16-5-2-1-3-6-16/h1-7,10-12,14-15,17-18,23-25,29H,8-9,13H2,(H,28,30)/t17-,18+,23+,24-,25+/m0/s1. The predicted molar refractivity (Wildman–Crippen MR) is 118 cm³/mol. The topological polar surface area (TPSA) is 54.0 Å². The normalized spacial score (nSPS) is 28.3. The Morgan fingerprint density at radius 1 is 1.00 bits per heavy atom. The molecule has 6 rings (SSSR count). The molecule has 2 bridgehead atoms. The molecule has 2 aliphatic carbocycles. The average molecular weight is 396 g/mol. The summed E-state index contributed by atoms with van der Waals surface area (Å²) in [5, 5.41) is 6.82. The van der Waals surface area contributed by atoms with Crippen molar-refractivity contribution in [2.45, 2.75) is 31.2 Å². The van der Waals surface area contributed by atoms with Crippen molar-refractivity contribution in [3.8, 4) is 0 Å². The Balaban J connectivity index is 1.36. The van der Waals surface area contributed by atoms with Crippen molar-refractivity contribution in [1.82, 2.24) is 4.98 Å². The van der Waals surface area contributed by atoms with Crippen molar-refractivity contribution in [2.75, 3.05) is 10.6 Å². The van der Waals surface area contributed by atoms with E-state index < -0.39 is 0 Å². The molecule has 1 amide bonds. The molecule has 0 spiro atoms. The number of carbonyl (C=O) groups is 1. The third kappa shape index (κ3) is 2.82. The van der Waals surface area contributed by atoms with E-state index in [1.54, 1.807) is 12.4 Å². The smallest absolute Gasteiger partial charge is 0.255 e. The van der Waals surface area contributed by atoms with Gasteiger partial charge in [-0.05, 0) is 84.4 Å². The molecule has 1 aliphatic heterocycles. The van der Waals surface area contributed by atoms with Gasteiger partial charge in [0.2, 0.25) is 0 Å². The number of hydrogen-bond donors (Lipinski definition) is 2. The quantitative estimate of drug-likeness (QED) is 0.604. The molecule has 3 aromatic rings. The van der Waals surface area contributed by atoms with Gasteiger partial charge in [0.15, 0.2) is 0 Å². The van der Waals surface area contributed by atoms with Gasteiger partial charge in [-0.1, -0.05) is 30.3 Å². The van der Waals surface area contributed by atoms with E-state index in [0.29, 0.717) is 17.9 Å². The van der Waals surface area contributed by atoms with Gasteiger partial charge in [0.1, 0.15) is 0 Å². The Bertz CT molecular complexity index is 1080. The van der Waals surface area contributed by atoms with Gasteiger partial charge in [0.25, 0.3) is 5.91 Å². The van der Waals surface area contributed by atoms with Crippen LogP contribution in [0, 0.1) is 17.8 Å². The summed E-state index contributed by atoms with van der Waals surface area (Å²) in [6, 6.07) is 21.1. The highest BCUT2D eigenvalue weighted by molar-refractivity contribution is 6.04. The second-order valence-corrected chi connectivity index (χ2v) is 8.97. The first-order valence-electron chi connectivity index (χ1n) is 10.9. The zero-order valence-electron chi connectivity index (χ0n) is 16.8. The van der Waals surface area contributed by atoms with E-state index in [0.717, 1.165) is 23.1 Å². The maximum atomic E-state index is 12.9. The Morgan fingerprint density at radius 2 is 1.87 bits per heavy atom. The Hall–Kier alpha value is -3.14. The van der Waals surface area contributed by atoms with Crippen molar-refractivity contribution in [2.24, 2.45) is 17.8 Å². The molecule has 150 valence electrons. The van der Waals surface area contributed by atoms with Gasteiger partial charge >= 0.3 is 0 Å². The predicted octanol–water partition coefficient (Wildman–Crippen LogP) is 5.63. The van der Waals surface area contributed by atoms with Gasteiger partial charge < -0.3 is 10.6 Å². The van der Waals surface area contributed by atoms with Crippen LogP contribution in [0.3, 0.4) is 0 Å². The van der Waals surface area contributed by atoms with Gasteiger partial charge in [-0.15, -0.1) is 0 Å². The number of benzene rings is 2. The zero-order chi connectivity index (χ0) is 20.1. The molecular weight excluding hydrogens is 370 g/mol. The lowest BCUT2D eigenvalue weighted by Gasteiger charge is -2.43. The lowest BCUT2D eigenvalue weighted by molar-refractivity contribution is 0.102. The lowest BCUT2D eigenvalue weighted by Crippen LogP contribution is -2.35. The lowest BCUT2D eigenvalue weighted by atomic mass is 9.68. The number of fused-ring (bicyclic) bond motifs is 7. The summed E-state index contributed by atoms with van der Waals surface area (Å²) in [6.45, 7) is 0. The van der Waals surface area contributed by atoms with Crippen LogP contribution < -0.4 is 10.6 Å². The molecular formula is C26H25N3O. The van der Waals surface area contributed by atoms with Gasteiger partial charge in [-0.2, -0.15) is 0 Å². The first kappa shape index (κ1) is 17.7. The molecule has 2 saturated carbocycles. The maximum Gasteiger partial charge on any atom is 0.255 e. The SMILES string of the molecule is O=C(Nc1cccnc1)c1ccc2c(c1)[C@H]1[C@H]3CC[C@H](C3)[C@@H]1[C@@H](c1ccccc1)N2. The third-order valence-corrected chi connectivity index (χ3v) is 7.43. The second-order valence-electron chi connectivity index (χ2n) is 8.97. The third-order valence-electron chi connectivity index (χ3n) is 7.43. The molecule has 4 nitrogen and oxygen atoms in total. The van der Waals surface area contributed by atoms with E-state index in [2.05, 4.69) is 58.1 Å². The zero-order valence-corrected chi connectivity index (χ0v) is 16.8. The van der Waals surface area contributed by atoms with Crippen LogP contribution in [0.15, 0.2) is 73.1 Å². The molecule has 2 aromatic carbocycles. The molecule has 2 heterocycles. The summed E-state index contributed by atoms with van der Waals surface area (Å²) >= 11 is 0. The van der Waals surface area contributed by atoms with E-state index >= 15 is 0 Å². The number of rotatable bonds is 3. The number of nitrogens with zero attached hydrogens (tertiary/aromatic N) is 1. The number of anilines is 2. The van der Waals surface area contributed by atoms with E-state index in [4.69, 9.17) is 0 Å². The first-order valence-corrected chi connectivity index (χ1v) is 10.9. The highest BCUT2D eigenvalue weighted by atomic mass is 16.1. The van der Waals surface area contributed by atoms with Crippen LogP contribution in [0.4, 0.5) is 11.4 Å². The molecule has 0 radical (unpaired) electrons. The van der Waals surface area contributed by atoms with E-state index in [9.17, 15) is 4.79 Å². The second kappa shape index (κ2) is 6.98. The van der Waals surface area contributed by atoms with Crippen LogP contribution in [0.1, 0.15) is 52.7 Å². The monoisotopic (exact) mass is 395 g/mol. The average Bonchev–Trinajstić information content (AvgIpc) is 3.42. The van der Waals surface area contributed by atoms with Crippen LogP contribution >= 0.6 is 0 Å². The minimum atomic E-state index is -0.0734. The molecule has 3 aliphatic rings. The van der Waals surface area contributed by atoms with Crippen molar-refractivity contribution in [1.29, 1.82) is 0 Å². The molecule has 0 saturated heterocycles. The first-order chi connectivity index (χ1) is 14.8. The fourth-order valence-corrected chi connectivity index (χ4v) is 6.26. The van der Waals surface area contributed by atoms with Crippen molar-refractivity contribution in [3.63, 3.8) is 0 Å². The number of carbonyl (C=O) groups excluding carboxylic acids is 1. The largest absolute Gasteiger partial charge is 0.378 e. The Morgan fingerprint density at radius 3 is 2.70 bits per heavy atom. The number of aromatic nitrogens is 1. The van der Waals surface area contributed by atoms with Crippen LogP contribution in [0.5, 0.6) is 0 Å². The van der Waals surface area contributed by atoms with Crippen LogP contribution in [-0.2, 0) is 0 Å². The van der Waals surface area contributed by atoms with Crippen LogP contribution in [-0.4, -0.2) is 10.9 Å². The van der Waals surface area contributed by atoms with Gasteiger partial charge in [-0.25, -0.2) is 0 Å².